The van der Waals surface area contributed by atoms with E-state index in [1.54, 1.807) is 6.20 Å². The Hall–Kier alpha value is -3.34. The van der Waals surface area contributed by atoms with E-state index in [0.717, 1.165) is 16.5 Å². The fraction of sp³-hybridized carbons (Fsp3) is 0.143. The lowest BCUT2D eigenvalue weighted by atomic mass is 10.1. The van der Waals surface area contributed by atoms with Crippen LogP contribution in [0.5, 0.6) is 5.75 Å². The van der Waals surface area contributed by atoms with Crippen molar-refractivity contribution in [2.24, 2.45) is 0 Å². The number of nitrogens with one attached hydrogen (secondary N) is 2. The minimum atomic E-state index is -0.388. The molecule has 2 N–H and O–H groups in total. The van der Waals surface area contributed by atoms with Gasteiger partial charge in [0.1, 0.15) is 12.4 Å². The molecular weight excluding hydrogens is 328 g/mol. The molecule has 132 valence electrons. The van der Waals surface area contributed by atoms with Crippen LogP contribution >= 0.6 is 0 Å². The fourth-order valence-corrected chi connectivity index (χ4v) is 2.77. The Kier molecular flexibility index (Phi) is 5.17. The first-order valence-corrected chi connectivity index (χ1v) is 8.56. The van der Waals surface area contributed by atoms with Crippen molar-refractivity contribution in [1.82, 2.24) is 10.3 Å². The van der Waals surface area contributed by atoms with Crippen LogP contribution in [0.2, 0.25) is 0 Å². The van der Waals surface area contributed by atoms with Crippen molar-refractivity contribution in [2.45, 2.75) is 20.5 Å². The molecule has 0 aliphatic carbocycles. The number of carbonyl (C=O) groups excluding carboxylic acids is 2. The highest BCUT2D eigenvalue weighted by atomic mass is 16.5. The maximum atomic E-state index is 11.9. The number of hydrogen-bond donors (Lipinski definition) is 2. The summed E-state index contributed by atoms with van der Waals surface area (Å²) in [6.07, 6.45) is 3.05. The summed E-state index contributed by atoms with van der Waals surface area (Å²) in [6, 6.07) is 15.5. The zero-order chi connectivity index (χ0) is 18.5. The summed E-state index contributed by atoms with van der Waals surface area (Å²) in [5.41, 5.74) is 3.02. The lowest BCUT2D eigenvalue weighted by Crippen LogP contribution is -2.21. The first kappa shape index (κ1) is 17.5. The van der Waals surface area contributed by atoms with Gasteiger partial charge in [0.15, 0.2) is 0 Å². The number of aromatic amines is 1. The SMILES string of the molecule is CC.O=C1C=C(c2c[nH]c3ccc(OCc4ccccc4)cc23)C(=O)N1. The Morgan fingerprint density at radius 2 is 1.77 bits per heavy atom. The Labute approximate surface area is 151 Å². The Bertz CT molecular complexity index is 971. The summed E-state index contributed by atoms with van der Waals surface area (Å²) in [4.78, 5) is 26.4. The third-order valence-corrected chi connectivity index (χ3v) is 3.95. The molecule has 2 aromatic carbocycles. The molecule has 0 saturated carbocycles. The molecule has 26 heavy (non-hydrogen) atoms. The summed E-state index contributed by atoms with van der Waals surface area (Å²) in [5, 5.41) is 3.11. The van der Waals surface area contributed by atoms with E-state index in [4.69, 9.17) is 4.74 Å². The molecule has 2 amide bonds. The van der Waals surface area contributed by atoms with Crippen LogP contribution in [0.15, 0.2) is 60.8 Å². The second kappa shape index (κ2) is 7.70. The van der Waals surface area contributed by atoms with E-state index in [2.05, 4.69) is 10.3 Å². The van der Waals surface area contributed by atoms with E-state index in [1.165, 1.54) is 6.08 Å². The van der Waals surface area contributed by atoms with Crippen LogP contribution in [0.25, 0.3) is 16.5 Å². The van der Waals surface area contributed by atoms with Crippen molar-refractivity contribution in [1.29, 1.82) is 0 Å². The first-order valence-electron chi connectivity index (χ1n) is 8.56. The van der Waals surface area contributed by atoms with Crippen LogP contribution in [0.3, 0.4) is 0 Å². The lowest BCUT2D eigenvalue weighted by Gasteiger charge is -2.07. The molecule has 0 radical (unpaired) electrons. The van der Waals surface area contributed by atoms with Crippen LogP contribution in [0.1, 0.15) is 25.0 Å². The van der Waals surface area contributed by atoms with E-state index in [1.807, 2.05) is 62.4 Å². The van der Waals surface area contributed by atoms with E-state index in [9.17, 15) is 9.59 Å². The average molecular weight is 348 g/mol. The van der Waals surface area contributed by atoms with E-state index in [0.29, 0.717) is 23.5 Å². The highest BCUT2D eigenvalue weighted by Crippen LogP contribution is 2.30. The predicted molar refractivity (Wildman–Crippen MR) is 102 cm³/mol. The van der Waals surface area contributed by atoms with Crippen LogP contribution < -0.4 is 10.1 Å². The summed E-state index contributed by atoms with van der Waals surface area (Å²) >= 11 is 0. The van der Waals surface area contributed by atoms with Crippen molar-refractivity contribution in [2.75, 3.05) is 0 Å². The maximum Gasteiger partial charge on any atom is 0.258 e. The molecule has 0 saturated heterocycles. The molecular formula is C21H20N2O3. The molecule has 0 bridgehead atoms. The van der Waals surface area contributed by atoms with Gasteiger partial charge in [0, 0.05) is 28.7 Å². The van der Waals surface area contributed by atoms with Gasteiger partial charge in [0.25, 0.3) is 11.8 Å². The zero-order valence-electron chi connectivity index (χ0n) is 14.7. The van der Waals surface area contributed by atoms with Crippen LogP contribution in [0.4, 0.5) is 0 Å². The number of ether oxygens (including phenoxy) is 1. The highest BCUT2D eigenvalue weighted by Gasteiger charge is 2.24. The van der Waals surface area contributed by atoms with Gasteiger partial charge in [0.2, 0.25) is 0 Å². The second-order valence-electron chi connectivity index (χ2n) is 5.56. The third-order valence-electron chi connectivity index (χ3n) is 3.95. The summed E-state index contributed by atoms with van der Waals surface area (Å²) in [6.45, 7) is 4.47. The third kappa shape index (κ3) is 3.52. The predicted octanol–water partition coefficient (Wildman–Crippen LogP) is 3.81. The van der Waals surface area contributed by atoms with Crippen molar-refractivity contribution in [3.05, 3.63) is 71.9 Å². The number of imide groups is 1. The number of aromatic nitrogens is 1. The number of benzene rings is 2. The lowest BCUT2D eigenvalue weighted by molar-refractivity contribution is -0.123. The van der Waals surface area contributed by atoms with Crippen LogP contribution in [-0.2, 0) is 16.2 Å². The smallest absolute Gasteiger partial charge is 0.258 e. The average Bonchev–Trinajstić information content (AvgIpc) is 3.24. The molecule has 0 fully saturated rings. The van der Waals surface area contributed by atoms with E-state index in [-0.39, 0.29) is 11.8 Å². The van der Waals surface area contributed by atoms with E-state index >= 15 is 0 Å². The van der Waals surface area contributed by atoms with Crippen molar-refractivity contribution >= 4 is 28.3 Å². The molecule has 0 unspecified atom stereocenters. The normalized spacial score (nSPS) is 13.1. The minimum Gasteiger partial charge on any atom is -0.489 e. The Morgan fingerprint density at radius 3 is 2.46 bits per heavy atom. The number of amides is 2. The molecule has 4 rings (SSSR count). The molecule has 1 aliphatic heterocycles. The summed E-state index contributed by atoms with van der Waals surface area (Å²) in [7, 11) is 0. The molecule has 3 aromatic rings. The van der Waals surface area contributed by atoms with Gasteiger partial charge in [0.05, 0.1) is 5.57 Å². The molecule has 5 nitrogen and oxygen atoms in total. The Balaban J connectivity index is 0.000000948. The minimum absolute atomic E-state index is 0.367. The number of rotatable bonds is 4. The summed E-state index contributed by atoms with van der Waals surface area (Å²) in [5.74, 6) is -0.0603. The fourth-order valence-electron chi connectivity index (χ4n) is 2.77. The molecule has 2 heterocycles. The topological polar surface area (TPSA) is 71.2 Å². The van der Waals surface area contributed by atoms with E-state index < -0.39 is 0 Å². The van der Waals surface area contributed by atoms with Crippen molar-refractivity contribution in [3.63, 3.8) is 0 Å². The standard InChI is InChI=1S/C19H14N2O3.C2H6/c22-18-9-15(19(23)21-18)16-10-20-17-7-6-13(8-14(16)17)24-11-12-4-2-1-3-5-12;1-2/h1-10,20H,11H2,(H,21,22,23);1-2H3. The molecule has 5 heteroatoms. The zero-order valence-corrected chi connectivity index (χ0v) is 14.7. The van der Waals surface area contributed by atoms with Gasteiger partial charge >= 0.3 is 0 Å². The van der Waals surface area contributed by atoms with Gasteiger partial charge in [-0.25, -0.2) is 0 Å². The monoisotopic (exact) mass is 348 g/mol. The largest absolute Gasteiger partial charge is 0.489 e. The van der Waals surface area contributed by atoms with Crippen molar-refractivity contribution < 1.29 is 14.3 Å². The molecule has 0 spiro atoms. The van der Waals surface area contributed by atoms with Gasteiger partial charge in [-0.3, -0.25) is 14.9 Å². The second-order valence-corrected chi connectivity index (χ2v) is 5.56. The van der Waals surface area contributed by atoms with Crippen LogP contribution in [0, 0.1) is 0 Å². The molecule has 1 aromatic heterocycles. The highest BCUT2D eigenvalue weighted by molar-refractivity contribution is 6.35. The number of hydrogen-bond acceptors (Lipinski definition) is 3. The number of H-pyrrole nitrogens is 1. The number of carbonyl (C=O) groups is 2. The van der Waals surface area contributed by atoms with Gasteiger partial charge in [-0.15, -0.1) is 0 Å². The quantitative estimate of drug-likeness (QED) is 0.704. The van der Waals surface area contributed by atoms with Gasteiger partial charge in [-0.05, 0) is 23.8 Å². The molecule has 1 aliphatic rings. The van der Waals surface area contributed by atoms with Gasteiger partial charge in [-0.1, -0.05) is 44.2 Å². The Morgan fingerprint density at radius 1 is 1.00 bits per heavy atom. The first-order chi connectivity index (χ1) is 12.7. The molecule has 0 atom stereocenters. The van der Waals surface area contributed by atoms with Gasteiger partial charge < -0.3 is 9.72 Å². The summed E-state index contributed by atoms with van der Waals surface area (Å²) < 4.78 is 5.83. The van der Waals surface area contributed by atoms with Crippen molar-refractivity contribution in [3.8, 4) is 5.75 Å². The van der Waals surface area contributed by atoms with Gasteiger partial charge in [-0.2, -0.15) is 0 Å². The number of fused-ring (bicyclic) bond motifs is 1. The van der Waals surface area contributed by atoms with Crippen LogP contribution in [-0.4, -0.2) is 16.8 Å². The maximum absolute atomic E-state index is 11.9.